The third kappa shape index (κ3) is 6.35. The molecule has 2 amide bonds. The summed E-state index contributed by atoms with van der Waals surface area (Å²) in [5.41, 5.74) is 2.77. The van der Waals surface area contributed by atoms with Gasteiger partial charge in [0.05, 0.1) is 12.6 Å². The summed E-state index contributed by atoms with van der Waals surface area (Å²) in [4.78, 5) is 27.1. The van der Waals surface area contributed by atoms with Crippen molar-refractivity contribution in [2.24, 2.45) is 0 Å². The summed E-state index contributed by atoms with van der Waals surface area (Å²) in [7, 11) is 0. The molecule has 0 spiro atoms. The normalized spacial score (nSPS) is 10.5. The molecule has 0 saturated carbocycles. The topological polar surface area (TPSA) is 70.7 Å². The number of amides is 2. The number of rotatable bonds is 9. The number of hydrogen-bond donors (Lipinski definition) is 2. The summed E-state index contributed by atoms with van der Waals surface area (Å²) in [6, 6.07) is 24.0. The molecule has 0 saturated heterocycles. The summed E-state index contributed by atoms with van der Waals surface area (Å²) < 4.78 is 5.66. The third-order valence-corrected chi connectivity index (χ3v) is 4.68. The molecule has 2 N–H and O–H groups in total. The van der Waals surface area contributed by atoms with Gasteiger partial charge in [-0.1, -0.05) is 30.3 Å². The first-order valence-electron chi connectivity index (χ1n) is 10.7. The number of benzene rings is 3. The highest BCUT2D eigenvalue weighted by atomic mass is 16.5. The van der Waals surface area contributed by atoms with Gasteiger partial charge in [0.15, 0.2) is 0 Å². The summed E-state index contributed by atoms with van der Waals surface area (Å²) in [6.45, 7) is 6.48. The van der Waals surface area contributed by atoms with E-state index in [2.05, 4.69) is 10.6 Å². The van der Waals surface area contributed by atoms with E-state index in [0.29, 0.717) is 29.2 Å². The van der Waals surface area contributed by atoms with E-state index < -0.39 is 0 Å². The van der Waals surface area contributed by atoms with Crippen LogP contribution in [0, 0.1) is 0 Å². The zero-order chi connectivity index (χ0) is 22.9. The lowest BCUT2D eigenvalue weighted by Gasteiger charge is -2.21. The Balaban J connectivity index is 1.61. The van der Waals surface area contributed by atoms with Crippen LogP contribution in [-0.4, -0.2) is 31.0 Å². The van der Waals surface area contributed by atoms with Gasteiger partial charge in [-0.25, -0.2) is 0 Å². The van der Waals surface area contributed by atoms with Gasteiger partial charge in [0, 0.05) is 35.2 Å². The number of carbonyl (C=O) groups is 2. The molecule has 0 aliphatic heterocycles. The number of hydrogen-bond acceptors (Lipinski definition) is 4. The van der Waals surface area contributed by atoms with Crippen LogP contribution < -0.4 is 20.3 Å². The summed E-state index contributed by atoms with van der Waals surface area (Å²) in [6.07, 6.45) is 0.0585. The van der Waals surface area contributed by atoms with Crippen molar-refractivity contribution < 1.29 is 14.3 Å². The first-order valence-corrected chi connectivity index (χ1v) is 10.7. The zero-order valence-corrected chi connectivity index (χ0v) is 18.7. The van der Waals surface area contributed by atoms with Crippen LogP contribution in [-0.2, 0) is 4.79 Å². The third-order valence-electron chi connectivity index (χ3n) is 4.68. The van der Waals surface area contributed by atoms with Gasteiger partial charge in [0.2, 0.25) is 5.91 Å². The van der Waals surface area contributed by atoms with Gasteiger partial charge in [0.25, 0.3) is 5.91 Å². The lowest BCUT2D eigenvalue weighted by atomic mass is 10.1. The Hall–Kier alpha value is -3.80. The summed E-state index contributed by atoms with van der Waals surface area (Å²) >= 11 is 0. The fourth-order valence-electron chi connectivity index (χ4n) is 3.28. The molecule has 166 valence electrons. The Kier molecular flexibility index (Phi) is 7.86. The molecule has 0 bridgehead atoms. The standard InChI is InChI=1S/C26H29N3O3/c1-4-29(23-13-6-5-7-14-23)26(31)20-10-8-11-21(16-20)27-18-25(30)28-22-12-9-15-24(17-22)32-19(2)3/h5-17,19,27H,4,18H2,1-3H3,(H,28,30). The van der Waals surface area contributed by atoms with Gasteiger partial charge >= 0.3 is 0 Å². The Morgan fingerprint density at radius 2 is 1.62 bits per heavy atom. The van der Waals surface area contributed by atoms with Crippen LogP contribution in [0.2, 0.25) is 0 Å². The van der Waals surface area contributed by atoms with Crippen LogP contribution in [0.25, 0.3) is 0 Å². The fourth-order valence-corrected chi connectivity index (χ4v) is 3.28. The minimum Gasteiger partial charge on any atom is -0.491 e. The molecule has 0 atom stereocenters. The van der Waals surface area contributed by atoms with Gasteiger partial charge in [0.1, 0.15) is 5.75 Å². The Bertz CT molecular complexity index is 1050. The van der Waals surface area contributed by atoms with Crippen LogP contribution in [0.1, 0.15) is 31.1 Å². The Morgan fingerprint density at radius 3 is 2.34 bits per heavy atom. The largest absolute Gasteiger partial charge is 0.491 e. The van der Waals surface area contributed by atoms with Crippen molar-refractivity contribution in [2.45, 2.75) is 26.9 Å². The number of para-hydroxylation sites is 1. The predicted octanol–water partition coefficient (Wildman–Crippen LogP) is 5.19. The molecule has 6 nitrogen and oxygen atoms in total. The van der Waals surface area contributed by atoms with E-state index >= 15 is 0 Å². The van der Waals surface area contributed by atoms with E-state index in [1.807, 2.05) is 75.4 Å². The predicted molar refractivity (Wildman–Crippen MR) is 130 cm³/mol. The maximum atomic E-state index is 13.0. The van der Waals surface area contributed by atoms with Crippen molar-refractivity contribution in [3.05, 3.63) is 84.4 Å². The minimum absolute atomic E-state index is 0.0585. The van der Waals surface area contributed by atoms with Crippen molar-refractivity contribution in [1.29, 1.82) is 0 Å². The smallest absolute Gasteiger partial charge is 0.258 e. The van der Waals surface area contributed by atoms with Crippen LogP contribution in [0.15, 0.2) is 78.9 Å². The highest BCUT2D eigenvalue weighted by molar-refractivity contribution is 6.06. The molecular weight excluding hydrogens is 402 g/mol. The minimum atomic E-state index is -0.192. The van der Waals surface area contributed by atoms with Gasteiger partial charge in [-0.05, 0) is 63.2 Å². The summed E-state index contributed by atoms with van der Waals surface area (Å²) in [5, 5.41) is 5.94. The number of carbonyl (C=O) groups excluding carboxylic acids is 2. The number of ether oxygens (including phenoxy) is 1. The van der Waals surface area contributed by atoms with E-state index in [-0.39, 0.29) is 24.5 Å². The molecule has 0 unspecified atom stereocenters. The van der Waals surface area contributed by atoms with Gasteiger partial charge in [-0.2, -0.15) is 0 Å². The molecule has 0 aromatic heterocycles. The highest BCUT2D eigenvalue weighted by Crippen LogP contribution is 2.20. The van der Waals surface area contributed by atoms with E-state index in [0.717, 1.165) is 5.69 Å². The Labute approximate surface area is 189 Å². The lowest BCUT2D eigenvalue weighted by molar-refractivity contribution is -0.114. The molecule has 3 aromatic carbocycles. The van der Waals surface area contributed by atoms with Crippen molar-refractivity contribution in [3.63, 3.8) is 0 Å². The SMILES string of the molecule is CCN(C(=O)c1cccc(NCC(=O)Nc2cccc(OC(C)C)c2)c1)c1ccccc1. The quantitative estimate of drug-likeness (QED) is 0.489. The molecule has 0 fully saturated rings. The molecule has 6 heteroatoms. The monoisotopic (exact) mass is 431 g/mol. The van der Waals surface area contributed by atoms with Crippen LogP contribution in [0.3, 0.4) is 0 Å². The second-order valence-electron chi connectivity index (χ2n) is 7.56. The molecule has 3 rings (SSSR count). The number of nitrogens with zero attached hydrogens (tertiary/aromatic N) is 1. The van der Waals surface area contributed by atoms with Gasteiger partial charge < -0.3 is 20.3 Å². The number of nitrogens with one attached hydrogen (secondary N) is 2. The Morgan fingerprint density at radius 1 is 0.906 bits per heavy atom. The van der Waals surface area contributed by atoms with Gasteiger partial charge in [-0.15, -0.1) is 0 Å². The molecule has 0 aliphatic rings. The van der Waals surface area contributed by atoms with Crippen molar-refractivity contribution in [1.82, 2.24) is 0 Å². The first-order chi connectivity index (χ1) is 15.5. The van der Waals surface area contributed by atoms with E-state index in [1.165, 1.54) is 0 Å². The lowest BCUT2D eigenvalue weighted by Crippen LogP contribution is -2.30. The molecule has 0 heterocycles. The van der Waals surface area contributed by atoms with E-state index in [1.54, 1.807) is 29.2 Å². The summed E-state index contributed by atoms with van der Waals surface area (Å²) in [5.74, 6) is 0.424. The average molecular weight is 432 g/mol. The van der Waals surface area contributed by atoms with Crippen molar-refractivity contribution in [2.75, 3.05) is 28.6 Å². The second-order valence-corrected chi connectivity index (χ2v) is 7.56. The fraction of sp³-hybridized carbons (Fsp3) is 0.231. The first kappa shape index (κ1) is 22.9. The average Bonchev–Trinajstić information content (AvgIpc) is 2.79. The molecule has 0 aliphatic carbocycles. The van der Waals surface area contributed by atoms with Crippen LogP contribution >= 0.6 is 0 Å². The maximum absolute atomic E-state index is 13.0. The van der Waals surface area contributed by atoms with E-state index in [4.69, 9.17) is 4.74 Å². The highest BCUT2D eigenvalue weighted by Gasteiger charge is 2.16. The van der Waals surface area contributed by atoms with Crippen molar-refractivity contribution in [3.8, 4) is 5.75 Å². The van der Waals surface area contributed by atoms with Gasteiger partial charge in [-0.3, -0.25) is 9.59 Å². The molecule has 32 heavy (non-hydrogen) atoms. The van der Waals surface area contributed by atoms with E-state index in [9.17, 15) is 9.59 Å². The van der Waals surface area contributed by atoms with Crippen LogP contribution in [0.4, 0.5) is 17.1 Å². The molecule has 3 aromatic rings. The maximum Gasteiger partial charge on any atom is 0.258 e. The number of anilines is 3. The van der Waals surface area contributed by atoms with Crippen molar-refractivity contribution >= 4 is 28.9 Å². The molecular formula is C26H29N3O3. The second kappa shape index (κ2) is 11.0. The van der Waals surface area contributed by atoms with Crippen LogP contribution in [0.5, 0.6) is 5.75 Å². The molecule has 0 radical (unpaired) electrons. The zero-order valence-electron chi connectivity index (χ0n) is 18.7.